The van der Waals surface area contributed by atoms with E-state index in [1.807, 2.05) is 6.92 Å². The Balaban J connectivity index is 2.23. The summed E-state index contributed by atoms with van der Waals surface area (Å²) < 4.78 is 10.4. The predicted molar refractivity (Wildman–Crippen MR) is 61.1 cm³/mol. The molecule has 2 unspecified atom stereocenters. The molecule has 0 saturated carbocycles. The highest BCUT2D eigenvalue weighted by Gasteiger charge is 2.30. The molecule has 1 aliphatic heterocycles. The van der Waals surface area contributed by atoms with Crippen molar-refractivity contribution in [3.8, 4) is 0 Å². The standard InChI is InChI=1S/C11H22N2O3/c1-11(5-3-6-16-11)8-13-10(14)9(12)4-7-15-2/h9H,3-8,12H2,1-2H3,(H,13,14). The fourth-order valence-corrected chi connectivity index (χ4v) is 1.76. The van der Waals surface area contributed by atoms with Crippen LogP contribution < -0.4 is 11.1 Å². The van der Waals surface area contributed by atoms with Gasteiger partial charge in [0.2, 0.25) is 5.91 Å². The molecule has 1 aliphatic rings. The maximum absolute atomic E-state index is 11.6. The predicted octanol–water partition coefficient (Wildman–Crippen LogP) is 0.0355. The fraction of sp³-hybridized carbons (Fsp3) is 0.909. The van der Waals surface area contributed by atoms with Crippen molar-refractivity contribution < 1.29 is 14.3 Å². The third kappa shape index (κ3) is 4.08. The van der Waals surface area contributed by atoms with Crippen molar-refractivity contribution in [1.82, 2.24) is 5.32 Å². The van der Waals surface area contributed by atoms with Gasteiger partial charge >= 0.3 is 0 Å². The number of methoxy groups -OCH3 is 1. The second-order valence-corrected chi connectivity index (χ2v) is 4.51. The van der Waals surface area contributed by atoms with Crippen LogP contribution in [0.4, 0.5) is 0 Å². The summed E-state index contributed by atoms with van der Waals surface area (Å²) in [4.78, 5) is 11.6. The zero-order chi connectivity index (χ0) is 12.0. The molecule has 5 nitrogen and oxygen atoms in total. The molecule has 0 spiro atoms. The van der Waals surface area contributed by atoms with E-state index >= 15 is 0 Å². The Morgan fingerprint density at radius 3 is 3.00 bits per heavy atom. The molecule has 5 heteroatoms. The molecule has 0 aliphatic carbocycles. The first-order chi connectivity index (χ1) is 7.57. The van der Waals surface area contributed by atoms with Gasteiger partial charge in [0.15, 0.2) is 0 Å². The van der Waals surface area contributed by atoms with Gasteiger partial charge in [-0.3, -0.25) is 4.79 Å². The lowest BCUT2D eigenvalue weighted by atomic mass is 10.0. The van der Waals surface area contributed by atoms with Crippen LogP contribution in [-0.2, 0) is 14.3 Å². The molecule has 0 bridgehead atoms. The normalized spacial score (nSPS) is 26.7. The number of amides is 1. The summed E-state index contributed by atoms with van der Waals surface area (Å²) in [6, 6.07) is -0.495. The highest BCUT2D eigenvalue weighted by atomic mass is 16.5. The lowest BCUT2D eigenvalue weighted by Gasteiger charge is -2.24. The Labute approximate surface area is 96.7 Å². The van der Waals surface area contributed by atoms with Gasteiger partial charge in [0.1, 0.15) is 0 Å². The number of rotatable bonds is 6. The minimum Gasteiger partial charge on any atom is -0.385 e. The number of hydrogen-bond donors (Lipinski definition) is 2. The van der Waals surface area contributed by atoms with Crippen LogP contribution in [0.5, 0.6) is 0 Å². The van der Waals surface area contributed by atoms with Crippen molar-refractivity contribution in [2.24, 2.45) is 5.73 Å². The van der Waals surface area contributed by atoms with E-state index in [-0.39, 0.29) is 11.5 Å². The molecule has 3 N–H and O–H groups in total. The molecule has 16 heavy (non-hydrogen) atoms. The molecule has 1 saturated heterocycles. The van der Waals surface area contributed by atoms with E-state index in [0.717, 1.165) is 19.4 Å². The van der Waals surface area contributed by atoms with E-state index in [4.69, 9.17) is 15.2 Å². The minimum absolute atomic E-state index is 0.131. The number of ether oxygens (including phenoxy) is 2. The van der Waals surface area contributed by atoms with E-state index in [9.17, 15) is 4.79 Å². The van der Waals surface area contributed by atoms with Gasteiger partial charge in [-0.2, -0.15) is 0 Å². The van der Waals surface area contributed by atoms with Gasteiger partial charge in [-0.25, -0.2) is 0 Å². The van der Waals surface area contributed by atoms with Crippen molar-refractivity contribution in [3.05, 3.63) is 0 Å². The quantitative estimate of drug-likeness (QED) is 0.675. The van der Waals surface area contributed by atoms with Crippen LogP contribution in [0.2, 0.25) is 0 Å². The van der Waals surface area contributed by atoms with Gasteiger partial charge < -0.3 is 20.5 Å². The van der Waals surface area contributed by atoms with Gasteiger partial charge in [0.05, 0.1) is 11.6 Å². The lowest BCUT2D eigenvalue weighted by Crippen LogP contribution is -2.47. The number of carbonyl (C=O) groups is 1. The molecule has 0 aromatic rings. The average molecular weight is 230 g/mol. The van der Waals surface area contributed by atoms with Crippen LogP contribution in [0.3, 0.4) is 0 Å². The van der Waals surface area contributed by atoms with Crippen LogP contribution in [-0.4, -0.2) is 44.4 Å². The van der Waals surface area contributed by atoms with E-state index in [1.54, 1.807) is 7.11 Å². The molecule has 0 radical (unpaired) electrons. The number of nitrogens with one attached hydrogen (secondary N) is 1. The highest BCUT2D eigenvalue weighted by Crippen LogP contribution is 2.23. The Morgan fingerprint density at radius 2 is 2.44 bits per heavy atom. The molecule has 0 aromatic carbocycles. The van der Waals surface area contributed by atoms with Gasteiger partial charge in [-0.1, -0.05) is 0 Å². The Morgan fingerprint density at radius 1 is 1.69 bits per heavy atom. The van der Waals surface area contributed by atoms with E-state index in [1.165, 1.54) is 0 Å². The third-order valence-electron chi connectivity index (χ3n) is 2.91. The van der Waals surface area contributed by atoms with Crippen molar-refractivity contribution in [3.63, 3.8) is 0 Å². The second kappa shape index (κ2) is 6.18. The van der Waals surface area contributed by atoms with Crippen LogP contribution in [0.25, 0.3) is 0 Å². The first-order valence-electron chi connectivity index (χ1n) is 5.73. The largest absolute Gasteiger partial charge is 0.385 e. The van der Waals surface area contributed by atoms with Gasteiger partial charge in [0.25, 0.3) is 0 Å². The van der Waals surface area contributed by atoms with E-state index in [0.29, 0.717) is 19.6 Å². The SMILES string of the molecule is COCCC(N)C(=O)NCC1(C)CCCO1. The number of hydrogen-bond acceptors (Lipinski definition) is 4. The Hall–Kier alpha value is -0.650. The van der Waals surface area contributed by atoms with Crippen molar-refractivity contribution in [1.29, 1.82) is 0 Å². The molecule has 94 valence electrons. The summed E-state index contributed by atoms with van der Waals surface area (Å²) in [6.45, 7) is 3.83. The molecular weight excluding hydrogens is 208 g/mol. The summed E-state index contributed by atoms with van der Waals surface area (Å²) in [6.07, 6.45) is 2.59. The van der Waals surface area contributed by atoms with Gasteiger partial charge in [-0.05, 0) is 26.2 Å². The van der Waals surface area contributed by atoms with E-state index in [2.05, 4.69) is 5.32 Å². The topological polar surface area (TPSA) is 73.6 Å². The van der Waals surface area contributed by atoms with Crippen LogP contribution in [0.15, 0.2) is 0 Å². The summed E-state index contributed by atoms with van der Waals surface area (Å²) in [5.41, 5.74) is 5.49. The molecular formula is C11H22N2O3. The summed E-state index contributed by atoms with van der Waals surface area (Å²) >= 11 is 0. The Kier molecular flexibility index (Phi) is 5.18. The van der Waals surface area contributed by atoms with Crippen LogP contribution in [0.1, 0.15) is 26.2 Å². The minimum atomic E-state index is -0.495. The lowest BCUT2D eigenvalue weighted by molar-refractivity contribution is -0.124. The number of nitrogens with two attached hydrogens (primary N) is 1. The summed E-state index contributed by atoms with van der Waals surface area (Å²) in [5, 5.41) is 2.83. The van der Waals surface area contributed by atoms with Crippen LogP contribution in [0, 0.1) is 0 Å². The molecule has 1 rings (SSSR count). The van der Waals surface area contributed by atoms with Crippen molar-refractivity contribution >= 4 is 5.91 Å². The van der Waals surface area contributed by atoms with Gasteiger partial charge in [0, 0.05) is 26.9 Å². The summed E-state index contributed by atoms with van der Waals surface area (Å²) in [5.74, 6) is -0.131. The first kappa shape index (κ1) is 13.4. The zero-order valence-corrected chi connectivity index (χ0v) is 10.1. The smallest absolute Gasteiger partial charge is 0.237 e. The van der Waals surface area contributed by atoms with Crippen LogP contribution >= 0.6 is 0 Å². The second-order valence-electron chi connectivity index (χ2n) is 4.51. The maximum Gasteiger partial charge on any atom is 0.237 e. The van der Waals surface area contributed by atoms with E-state index < -0.39 is 6.04 Å². The summed E-state index contributed by atoms with van der Waals surface area (Å²) in [7, 11) is 1.60. The first-order valence-corrected chi connectivity index (χ1v) is 5.73. The molecule has 2 atom stereocenters. The molecule has 1 amide bonds. The number of carbonyl (C=O) groups excluding carboxylic acids is 1. The molecule has 1 heterocycles. The van der Waals surface area contributed by atoms with Crippen molar-refractivity contribution in [2.45, 2.75) is 37.8 Å². The maximum atomic E-state index is 11.6. The fourth-order valence-electron chi connectivity index (χ4n) is 1.76. The highest BCUT2D eigenvalue weighted by molar-refractivity contribution is 5.81. The molecule has 0 aromatic heterocycles. The Bertz CT molecular complexity index is 227. The van der Waals surface area contributed by atoms with Gasteiger partial charge in [-0.15, -0.1) is 0 Å². The zero-order valence-electron chi connectivity index (χ0n) is 10.1. The van der Waals surface area contributed by atoms with Crippen molar-refractivity contribution in [2.75, 3.05) is 26.9 Å². The monoisotopic (exact) mass is 230 g/mol. The average Bonchev–Trinajstić information content (AvgIpc) is 2.70. The molecule has 1 fully saturated rings. The third-order valence-corrected chi connectivity index (χ3v) is 2.91.